The molecule has 5 aliphatic heterocycles. The monoisotopic (exact) mass is 1140 g/mol. The van der Waals surface area contributed by atoms with E-state index in [-0.39, 0.29) is 49.7 Å². The largest absolute Gasteiger partial charge is 0.508 e. The van der Waals surface area contributed by atoms with Gasteiger partial charge in [-0.1, -0.05) is 55.2 Å². The second-order valence-electron chi connectivity index (χ2n) is 19.5. The zero-order valence-corrected chi connectivity index (χ0v) is 43.8. The fourth-order valence-electron chi connectivity index (χ4n) is 9.40. The van der Waals surface area contributed by atoms with Crippen molar-refractivity contribution in [1.29, 1.82) is 0 Å². The summed E-state index contributed by atoms with van der Waals surface area (Å²) in [7, 11) is 1.63. The molecule has 11 bridgehead atoms. The topological polar surface area (TPSA) is 411 Å². The average molecular weight is 1140 g/mol. The number of halogens is 2. The maximum atomic E-state index is 15.3. The van der Waals surface area contributed by atoms with E-state index in [1.54, 1.807) is 12.4 Å². The van der Waals surface area contributed by atoms with Crippen LogP contribution >= 0.6 is 23.2 Å². The van der Waals surface area contributed by atoms with Crippen LogP contribution in [0.3, 0.4) is 0 Å². The van der Waals surface area contributed by atoms with Gasteiger partial charge in [0.2, 0.25) is 41.2 Å². The summed E-state index contributed by atoms with van der Waals surface area (Å²) in [4.78, 5) is 113. The predicted molar refractivity (Wildman–Crippen MR) is 279 cm³/mol. The number of amides is 7. The highest BCUT2D eigenvalue weighted by atomic mass is 35.5. The van der Waals surface area contributed by atoms with Crippen molar-refractivity contribution in [3.8, 4) is 57.1 Å². The summed E-state index contributed by atoms with van der Waals surface area (Å²) < 4.78 is 12.2. The van der Waals surface area contributed by atoms with E-state index < -0.39 is 159 Å². The number of aromatic hydroxyl groups is 4. The molecule has 80 heavy (non-hydrogen) atoms. The van der Waals surface area contributed by atoms with Crippen molar-refractivity contribution >= 4 is 70.5 Å². The molecular weight excluding hydrogens is 1090 g/mol. The maximum Gasteiger partial charge on any atom is 0.330 e. The smallest absolute Gasteiger partial charge is 0.330 e. The number of aliphatic hydroxyl groups is 2. The number of phenols is 4. The van der Waals surface area contributed by atoms with Crippen molar-refractivity contribution in [3.63, 3.8) is 0 Å². The maximum absolute atomic E-state index is 15.3. The lowest BCUT2D eigenvalue weighted by Gasteiger charge is -2.31. The third kappa shape index (κ3) is 11.9. The molecule has 0 saturated heterocycles. The Hall–Kier alpha value is -8.88. The van der Waals surface area contributed by atoms with Crippen molar-refractivity contribution in [2.24, 2.45) is 11.7 Å². The molecule has 5 heterocycles. The SMILES string of the molecule is C[NH2+]C(CC(C)C)C(=O)NC1C(=O)NC(C(N)=O)CC(=O)NC2C(=O)NC3C(=O)NC(C(=O)NC(C(=O)O)c4cc(O)cc(O)c4-c4cc3ccc4O)C(O)c3ccc(c(Cl)c3)Oc3cc2cc(c3O)Oc2ccc(cc2Cl)C1O. The first-order chi connectivity index (χ1) is 37.8. The minimum Gasteiger partial charge on any atom is -0.508 e. The van der Waals surface area contributed by atoms with Gasteiger partial charge in [0, 0.05) is 29.2 Å². The second-order valence-corrected chi connectivity index (χ2v) is 20.3. The molecule has 17 N–H and O–H groups in total. The van der Waals surface area contributed by atoms with Gasteiger partial charge in [0.1, 0.15) is 71.2 Å². The number of carbonyl (C=O) groups excluding carboxylic acids is 7. The molecule has 7 amide bonds. The molecule has 27 heteroatoms. The number of aliphatic hydroxyl groups excluding tert-OH is 2. The summed E-state index contributed by atoms with van der Waals surface area (Å²) >= 11 is 13.5. The van der Waals surface area contributed by atoms with Crippen LogP contribution in [0.5, 0.6) is 46.0 Å². The summed E-state index contributed by atoms with van der Waals surface area (Å²) in [5.74, 6) is -14.7. The van der Waals surface area contributed by atoms with Crippen LogP contribution in [0.1, 0.15) is 84.8 Å². The number of fused-ring (bicyclic) bond motifs is 16. The minimum absolute atomic E-state index is 0.0112. The van der Waals surface area contributed by atoms with E-state index in [1.165, 1.54) is 30.3 Å². The third-order valence-electron chi connectivity index (χ3n) is 13.5. The van der Waals surface area contributed by atoms with Gasteiger partial charge in [-0.2, -0.15) is 0 Å². The lowest BCUT2D eigenvalue weighted by atomic mass is 9.89. The number of aliphatic carboxylic acids is 1. The molecule has 5 aliphatic rings. The summed E-state index contributed by atoms with van der Waals surface area (Å²) in [6.45, 7) is 3.73. The molecule has 10 rings (SSSR count). The summed E-state index contributed by atoms with van der Waals surface area (Å²) in [6.07, 6.45) is -4.71. The number of primary amides is 1. The predicted octanol–water partition coefficient (Wildman–Crippen LogP) is 1.37. The van der Waals surface area contributed by atoms with Crippen molar-refractivity contribution in [3.05, 3.63) is 117 Å². The Labute approximate surface area is 463 Å². The van der Waals surface area contributed by atoms with Gasteiger partial charge >= 0.3 is 5.97 Å². The molecule has 0 saturated carbocycles. The molecular formula is C53H53Cl2N8O17+. The Morgan fingerprint density at radius 1 is 0.688 bits per heavy atom. The molecule has 0 aromatic heterocycles. The number of carbonyl (C=O) groups is 8. The number of nitrogens with two attached hydrogens (primary N) is 2. The van der Waals surface area contributed by atoms with E-state index in [0.29, 0.717) is 6.42 Å². The zero-order valence-electron chi connectivity index (χ0n) is 42.3. The number of quaternary nitrogens is 1. The van der Waals surface area contributed by atoms with Crippen molar-refractivity contribution in [1.82, 2.24) is 31.9 Å². The van der Waals surface area contributed by atoms with Gasteiger partial charge in [-0.05, 0) is 82.8 Å². The lowest BCUT2D eigenvalue weighted by molar-refractivity contribution is -0.651. The van der Waals surface area contributed by atoms with Gasteiger partial charge in [0.05, 0.1) is 23.5 Å². The quantitative estimate of drug-likeness (QED) is 0.109. The van der Waals surface area contributed by atoms with Gasteiger partial charge < -0.3 is 88.2 Å². The average Bonchev–Trinajstić information content (AvgIpc) is 3.52. The highest BCUT2D eigenvalue weighted by molar-refractivity contribution is 6.32. The standard InChI is InChI=1S/C53H52Cl2N8O17/c1-19(2)10-30(57-3)48(72)62-42-44(68)21-5-8-33(27(54)12-21)79-35-14-23-15-36(46(35)70)80-34-9-6-22(13-28(34)55)45(69)43-52(76)61-41(53(77)78)26-16-24(64)17-32(66)38(26)25-11-20(4-7-31(25)65)39(49(73)63-43)60-50(74)40(23)59-37(67)18-29(47(56)71)58-51(42)75/h4-9,11-17,19,29-30,39-45,57,64-66,68-70H,10,18H2,1-3H3,(H2,56,71)(H,58,75)(H,59,67)(H,60,74)(H,61,76)(H,62,72)(H,63,73)(H,77,78)/p+1. The number of carboxylic acids is 1. The molecule has 0 fully saturated rings. The zero-order chi connectivity index (χ0) is 58.2. The molecule has 0 radical (unpaired) electrons. The number of carboxylic acid groups (broad SMARTS) is 1. The van der Waals surface area contributed by atoms with E-state index in [0.717, 1.165) is 48.5 Å². The van der Waals surface area contributed by atoms with Crippen molar-refractivity contribution in [2.75, 3.05) is 7.05 Å². The number of hydrogen-bond donors (Lipinski definition) is 15. The highest BCUT2D eigenvalue weighted by Crippen LogP contribution is 2.47. The first-order valence-electron chi connectivity index (χ1n) is 24.5. The van der Waals surface area contributed by atoms with Crippen LogP contribution in [0.4, 0.5) is 0 Å². The summed E-state index contributed by atoms with van der Waals surface area (Å²) in [5, 5.41) is 94.8. The molecule has 0 spiro atoms. The number of likely N-dealkylation sites (N-methyl/N-ethyl adjacent to an activating group) is 1. The van der Waals surface area contributed by atoms with Crippen molar-refractivity contribution < 1.29 is 88.9 Å². The van der Waals surface area contributed by atoms with Gasteiger partial charge in [-0.15, -0.1) is 0 Å². The van der Waals surface area contributed by atoms with Crippen molar-refractivity contribution in [2.45, 2.75) is 81.2 Å². The summed E-state index contributed by atoms with van der Waals surface area (Å²) in [6, 6.07) is 1.09. The van der Waals surface area contributed by atoms with Crippen LogP contribution in [0, 0.1) is 5.92 Å². The molecule has 5 aromatic rings. The van der Waals surface area contributed by atoms with E-state index >= 15 is 4.79 Å². The Bertz CT molecular complexity index is 3380. The van der Waals surface area contributed by atoms with Crippen LogP contribution in [-0.2, 0) is 38.4 Å². The Morgan fingerprint density at radius 3 is 1.85 bits per heavy atom. The van der Waals surface area contributed by atoms with E-state index in [2.05, 4.69) is 31.9 Å². The van der Waals surface area contributed by atoms with Gasteiger partial charge in [-0.25, -0.2) is 4.79 Å². The molecule has 5 aromatic carbocycles. The highest BCUT2D eigenvalue weighted by Gasteiger charge is 2.41. The fraction of sp³-hybridized carbons (Fsp3) is 0.283. The van der Waals surface area contributed by atoms with Gasteiger partial charge in [0.25, 0.3) is 5.91 Å². The minimum atomic E-state index is -2.17. The summed E-state index contributed by atoms with van der Waals surface area (Å²) in [5.41, 5.74) is 3.54. The van der Waals surface area contributed by atoms with Gasteiger partial charge in [-0.3, -0.25) is 33.6 Å². The van der Waals surface area contributed by atoms with Crippen LogP contribution in [-0.4, -0.2) is 114 Å². The Balaban J connectivity index is 1.34. The molecule has 9 unspecified atom stereocenters. The Morgan fingerprint density at radius 2 is 1.27 bits per heavy atom. The molecule has 9 atom stereocenters. The molecule has 25 nitrogen and oxygen atoms in total. The number of ether oxygens (including phenoxy) is 2. The number of benzene rings is 5. The fourth-order valence-corrected chi connectivity index (χ4v) is 9.85. The van der Waals surface area contributed by atoms with Crippen LogP contribution in [0.2, 0.25) is 10.0 Å². The third-order valence-corrected chi connectivity index (χ3v) is 14.0. The first-order valence-corrected chi connectivity index (χ1v) is 25.3. The number of nitrogens with one attached hydrogen (secondary N) is 6. The van der Waals surface area contributed by atoms with E-state index in [9.17, 15) is 69.3 Å². The van der Waals surface area contributed by atoms with Crippen LogP contribution < -0.4 is 52.4 Å². The number of rotatable bonds is 7. The van der Waals surface area contributed by atoms with E-state index in [1.807, 2.05) is 13.8 Å². The van der Waals surface area contributed by atoms with Crippen LogP contribution in [0.15, 0.2) is 78.9 Å². The number of hydrogen-bond acceptors (Lipinski definition) is 16. The van der Waals surface area contributed by atoms with Gasteiger partial charge in [0.15, 0.2) is 23.6 Å². The lowest BCUT2D eigenvalue weighted by Crippen LogP contribution is -2.89. The first kappa shape index (κ1) is 57.3. The van der Waals surface area contributed by atoms with Crippen LogP contribution in [0.25, 0.3) is 11.1 Å². The number of phenolic OH excluding ortho intramolecular Hbond substituents is 4. The Kier molecular flexibility index (Phi) is 16.6. The normalized spacial score (nSPS) is 22.6. The second kappa shape index (κ2) is 23.2. The van der Waals surface area contributed by atoms with E-state index in [4.69, 9.17) is 38.4 Å². The molecule has 0 aliphatic carbocycles. The molecule has 420 valence electrons.